The Hall–Kier alpha value is -3.27. The van der Waals surface area contributed by atoms with Gasteiger partial charge in [-0.05, 0) is 29.8 Å². The second-order valence-electron chi connectivity index (χ2n) is 5.65. The lowest BCUT2D eigenvalue weighted by molar-refractivity contribution is 0.298. The lowest BCUT2D eigenvalue weighted by Gasteiger charge is -2.10. The predicted molar refractivity (Wildman–Crippen MR) is 95.7 cm³/mol. The summed E-state index contributed by atoms with van der Waals surface area (Å²) in [7, 11) is 0. The maximum absolute atomic E-state index is 13.0. The van der Waals surface area contributed by atoms with Crippen molar-refractivity contribution in [3.8, 4) is 17.3 Å². The van der Waals surface area contributed by atoms with Crippen molar-refractivity contribution < 1.29 is 9.13 Å². The summed E-state index contributed by atoms with van der Waals surface area (Å²) in [6.07, 6.45) is 0. The van der Waals surface area contributed by atoms with Crippen LogP contribution < -0.4 is 4.74 Å². The molecule has 122 valence electrons. The fraction of sp³-hybridized carbons (Fsp3) is 0.0476. The number of hydrogen-bond acceptors (Lipinski definition) is 3. The number of nitrogens with zero attached hydrogens (tertiary/aromatic N) is 2. The lowest BCUT2D eigenvalue weighted by atomic mass is 10.2. The van der Waals surface area contributed by atoms with Crippen LogP contribution in [0.15, 0.2) is 78.9 Å². The van der Waals surface area contributed by atoms with Crippen LogP contribution in [0.1, 0.15) is 5.56 Å². The minimum atomic E-state index is -0.261. The highest BCUT2D eigenvalue weighted by Gasteiger charge is 2.10. The number of rotatable bonds is 4. The lowest BCUT2D eigenvalue weighted by Crippen LogP contribution is -2.01. The SMILES string of the molecule is Fc1ccc(COc2nc(-c3ccccc3)nc3ccccc23)cc1. The Bertz CT molecular complexity index is 1000. The Labute approximate surface area is 144 Å². The molecule has 0 N–H and O–H groups in total. The van der Waals surface area contributed by atoms with Gasteiger partial charge in [-0.15, -0.1) is 0 Å². The molecule has 0 bridgehead atoms. The maximum Gasteiger partial charge on any atom is 0.225 e. The van der Waals surface area contributed by atoms with Gasteiger partial charge in [0.2, 0.25) is 5.88 Å². The van der Waals surface area contributed by atoms with E-state index >= 15 is 0 Å². The Morgan fingerprint density at radius 1 is 0.760 bits per heavy atom. The highest BCUT2D eigenvalue weighted by molar-refractivity contribution is 5.85. The third kappa shape index (κ3) is 3.33. The van der Waals surface area contributed by atoms with E-state index in [9.17, 15) is 4.39 Å². The van der Waals surface area contributed by atoms with Gasteiger partial charge in [-0.1, -0.05) is 54.6 Å². The van der Waals surface area contributed by atoms with Crippen LogP contribution in [0.5, 0.6) is 5.88 Å². The molecule has 0 saturated heterocycles. The van der Waals surface area contributed by atoms with Crippen LogP contribution in [0.4, 0.5) is 4.39 Å². The molecular formula is C21H15FN2O. The number of fused-ring (bicyclic) bond motifs is 1. The van der Waals surface area contributed by atoms with Crippen LogP contribution in [0.2, 0.25) is 0 Å². The molecule has 4 heteroatoms. The fourth-order valence-corrected chi connectivity index (χ4v) is 2.61. The summed E-state index contributed by atoms with van der Waals surface area (Å²) in [5, 5.41) is 0.851. The molecule has 1 aromatic heterocycles. The van der Waals surface area contributed by atoms with Crippen LogP contribution in [0.25, 0.3) is 22.3 Å². The number of hydrogen-bond donors (Lipinski definition) is 0. The van der Waals surface area contributed by atoms with Gasteiger partial charge in [-0.3, -0.25) is 0 Å². The molecule has 3 nitrogen and oxygen atoms in total. The van der Waals surface area contributed by atoms with Crippen LogP contribution >= 0.6 is 0 Å². The molecular weight excluding hydrogens is 315 g/mol. The van der Waals surface area contributed by atoms with Crippen molar-refractivity contribution in [2.24, 2.45) is 0 Å². The summed E-state index contributed by atoms with van der Waals surface area (Å²) < 4.78 is 19.0. The number of benzene rings is 3. The average Bonchev–Trinajstić information content (AvgIpc) is 2.68. The van der Waals surface area contributed by atoms with Gasteiger partial charge in [0, 0.05) is 5.56 Å². The van der Waals surface area contributed by atoms with E-state index < -0.39 is 0 Å². The van der Waals surface area contributed by atoms with Crippen molar-refractivity contribution in [1.82, 2.24) is 9.97 Å². The zero-order chi connectivity index (χ0) is 17.1. The first kappa shape index (κ1) is 15.3. The molecule has 0 unspecified atom stereocenters. The normalized spacial score (nSPS) is 10.8. The van der Waals surface area contributed by atoms with Gasteiger partial charge in [0.15, 0.2) is 5.82 Å². The Morgan fingerprint density at radius 2 is 1.48 bits per heavy atom. The van der Waals surface area contributed by atoms with Gasteiger partial charge in [0.1, 0.15) is 12.4 Å². The van der Waals surface area contributed by atoms with Crippen LogP contribution in [-0.2, 0) is 6.61 Å². The predicted octanol–water partition coefficient (Wildman–Crippen LogP) is 5.01. The molecule has 25 heavy (non-hydrogen) atoms. The molecule has 0 spiro atoms. The molecule has 0 saturated carbocycles. The first-order valence-electron chi connectivity index (χ1n) is 7.99. The van der Waals surface area contributed by atoms with E-state index in [1.807, 2.05) is 54.6 Å². The highest BCUT2D eigenvalue weighted by atomic mass is 19.1. The molecule has 3 aromatic carbocycles. The largest absolute Gasteiger partial charge is 0.472 e. The molecule has 0 aliphatic rings. The smallest absolute Gasteiger partial charge is 0.225 e. The van der Waals surface area contributed by atoms with Crippen LogP contribution in [-0.4, -0.2) is 9.97 Å². The summed E-state index contributed by atoms with van der Waals surface area (Å²) in [5.41, 5.74) is 2.63. The van der Waals surface area contributed by atoms with Gasteiger partial charge in [0.05, 0.1) is 10.9 Å². The Kier molecular flexibility index (Phi) is 4.09. The van der Waals surface area contributed by atoms with Crippen molar-refractivity contribution in [2.45, 2.75) is 6.61 Å². The minimum Gasteiger partial charge on any atom is -0.472 e. The second-order valence-corrected chi connectivity index (χ2v) is 5.65. The molecule has 0 fully saturated rings. The van der Waals surface area contributed by atoms with Crippen molar-refractivity contribution in [3.05, 3.63) is 90.2 Å². The van der Waals surface area contributed by atoms with Gasteiger partial charge >= 0.3 is 0 Å². The molecule has 0 aliphatic carbocycles. The number of para-hydroxylation sites is 1. The zero-order valence-corrected chi connectivity index (χ0v) is 13.4. The summed E-state index contributed by atoms with van der Waals surface area (Å²) in [6, 6.07) is 23.8. The first-order valence-corrected chi connectivity index (χ1v) is 7.99. The molecule has 0 amide bonds. The van der Waals surface area contributed by atoms with Crippen molar-refractivity contribution in [3.63, 3.8) is 0 Å². The monoisotopic (exact) mass is 330 g/mol. The number of aromatic nitrogens is 2. The van der Waals surface area contributed by atoms with E-state index in [1.54, 1.807) is 12.1 Å². The standard InChI is InChI=1S/C21H15FN2O/c22-17-12-10-15(11-13-17)14-25-21-18-8-4-5-9-19(18)23-20(24-21)16-6-2-1-3-7-16/h1-13H,14H2. The van der Waals surface area contributed by atoms with E-state index in [1.165, 1.54) is 12.1 Å². The summed E-state index contributed by atoms with van der Waals surface area (Å²) in [4.78, 5) is 9.23. The van der Waals surface area contributed by atoms with Gasteiger partial charge in [-0.2, -0.15) is 4.98 Å². The summed E-state index contributed by atoms with van der Waals surface area (Å²) >= 11 is 0. The number of halogens is 1. The molecule has 0 radical (unpaired) electrons. The topological polar surface area (TPSA) is 35.0 Å². The molecule has 0 aliphatic heterocycles. The first-order chi connectivity index (χ1) is 12.3. The highest BCUT2D eigenvalue weighted by Crippen LogP contribution is 2.27. The third-order valence-electron chi connectivity index (χ3n) is 3.89. The van der Waals surface area contributed by atoms with E-state index in [-0.39, 0.29) is 5.82 Å². The molecule has 4 aromatic rings. The van der Waals surface area contributed by atoms with E-state index in [0.717, 1.165) is 22.0 Å². The minimum absolute atomic E-state index is 0.261. The molecule has 4 rings (SSSR count). The summed E-state index contributed by atoms with van der Waals surface area (Å²) in [5.74, 6) is 0.879. The second kappa shape index (κ2) is 6.69. The third-order valence-corrected chi connectivity index (χ3v) is 3.89. The number of ether oxygens (including phenoxy) is 1. The Morgan fingerprint density at radius 3 is 2.28 bits per heavy atom. The van der Waals surface area contributed by atoms with Gasteiger partial charge in [-0.25, -0.2) is 9.37 Å². The van der Waals surface area contributed by atoms with E-state index in [2.05, 4.69) is 9.97 Å². The van der Waals surface area contributed by atoms with Crippen molar-refractivity contribution in [1.29, 1.82) is 0 Å². The van der Waals surface area contributed by atoms with Crippen LogP contribution in [0.3, 0.4) is 0 Å². The van der Waals surface area contributed by atoms with Gasteiger partial charge in [0.25, 0.3) is 0 Å². The maximum atomic E-state index is 13.0. The van der Waals surface area contributed by atoms with E-state index in [4.69, 9.17) is 4.74 Å². The van der Waals surface area contributed by atoms with Crippen LogP contribution in [0, 0.1) is 5.82 Å². The van der Waals surface area contributed by atoms with Crippen molar-refractivity contribution in [2.75, 3.05) is 0 Å². The molecule has 0 atom stereocenters. The Balaban J connectivity index is 1.72. The fourth-order valence-electron chi connectivity index (χ4n) is 2.61. The van der Waals surface area contributed by atoms with Gasteiger partial charge < -0.3 is 4.74 Å². The van der Waals surface area contributed by atoms with Crippen molar-refractivity contribution >= 4 is 10.9 Å². The quantitative estimate of drug-likeness (QED) is 0.527. The molecule has 1 heterocycles. The average molecular weight is 330 g/mol. The van der Waals surface area contributed by atoms with E-state index in [0.29, 0.717) is 18.3 Å². The summed E-state index contributed by atoms with van der Waals surface area (Å²) in [6.45, 7) is 0.315. The zero-order valence-electron chi connectivity index (χ0n) is 13.4.